The summed E-state index contributed by atoms with van der Waals surface area (Å²) in [5.74, 6) is 0.673. The van der Waals surface area contributed by atoms with Gasteiger partial charge in [-0.25, -0.2) is 4.98 Å². The Hall–Kier alpha value is -2.61. The Morgan fingerprint density at radius 3 is 1.81 bits per heavy atom. The Kier molecular flexibility index (Phi) is 6.43. The Labute approximate surface area is 156 Å². The van der Waals surface area contributed by atoms with Crippen LogP contribution in [-0.2, 0) is 6.42 Å². The van der Waals surface area contributed by atoms with Crippen molar-refractivity contribution in [2.75, 3.05) is 6.61 Å². The van der Waals surface area contributed by atoms with Gasteiger partial charge in [-0.15, -0.1) is 0 Å². The number of hydrogen-bond donors (Lipinski definition) is 0. The van der Waals surface area contributed by atoms with Crippen LogP contribution in [0.3, 0.4) is 0 Å². The minimum Gasteiger partial charge on any atom is -0.478 e. The van der Waals surface area contributed by atoms with Crippen molar-refractivity contribution in [2.45, 2.75) is 39.5 Å². The molecule has 2 heteroatoms. The first-order chi connectivity index (χ1) is 12.8. The average Bonchev–Trinajstić information content (AvgIpc) is 2.70. The van der Waals surface area contributed by atoms with Crippen LogP contribution in [0.2, 0.25) is 0 Å². The third-order valence-electron chi connectivity index (χ3n) is 4.60. The maximum Gasteiger partial charge on any atom is 0.213 e. The molecular formula is C24H27NO. The number of unbranched alkanes of at least 4 members (excludes halogenated alkanes) is 2. The summed E-state index contributed by atoms with van der Waals surface area (Å²) < 4.78 is 5.40. The molecule has 0 N–H and O–H groups in total. The predicted molar refractivity (Wildman–Crippen MR) is 110 cm³/mol. The molecule has 0 radical (unpaired) electrons. The van der Waals surface area contributed by atoms with Gasteiger partial charge in [-0.05, 0) is 48.1 Å². The van der Waals surface area contributed by atoms with Gasteiger partial charge in [0.25, 0.3) is 0 Å². The molecule has 0 aliphatic carbocycles. The zero-order valence-corrected chi connectivity index (χ0v) is 15.7. The van der Waals surface area contributed by atoms with Crippen LogP contribution in [0.4, 0.5) is 0 Å². The van der Waals surface area contributed by atoms with Crippen LogP contribution < -0.4 is 4.74 Å². The summed E-state index contributed by atoms with van der Waals surface area (Å²) in [4.78, 5) is 4.34. The largest absolute Gasteiger partial charge is 0.478 e. The van der Waals surface area contributed by atoms with Crippen molar-refractivity contribution >= 4 is 0 Å². The third kappa shape index (κ3) is 4.72. The van der Waals surface area contributed by atoms with Crippen LogP contribution in [0.25, 0.3) is 22.3 Å². The second-order valence-corrected chi connectivity index (χ2v) is 6.55. The summed E-state index contributed by atoms with van der Waals surface area (Å²) >= 11 is 0. The molecule has 0 saturated carbocycles. The van der Waals surface area contributed by atoms with E-state index >= 15 is 0 Å². The second kappa shape index (κ2) is 9.19. The highest BCUT2D eigenvalue weighted by atomic mass is 16.5. The highest BCUT2D eigenvalue weighted by molar-refractivity contribution is 5.70. The lowest BCUT2D eigenvalue weighted by atomic mass is 9.99. The lowest BCUT2D eigenvalue weighted by molar-refractivity contribution is 0.327. The number of pyridine rings is 1. The predicted octanol–water partition coefficient (Wildman–Crippen LogP) is 6.55. The van der Waals surface area contributed by atoms with Crippen molar-refractivity contribution in [3.8, 4) is 28.1 Å². The number of rotatable bonds is 8. The maximum absolute atomic E-state index is 5.40. The molecule has 3 rings (SSSR count). The highest BCUT2D eigenvalue weighted by Gasteiger charge is 2.02. The average molecular weight is 345 g/mol. The van der Waals surface area contributed by atoms with Crippen LogP contribution in [0, 0.1) is 0 Å². The van der Waals surface area contributed by atoms with Gasteiger partial charge in [0.05, 0.1) is 6.61 Å². The van der Waals surface area contributed by atoms with Gasteiger partial charge >= 0.3 is 0 Å². The summed E-state index contributed by atoms with van der Waals surface area (Å²) in [6.07, 6.45) is 6.90. The second-order valence-electron chi connectivity index (χ2n) is 6.55. The van der Waals surface area contributed by atoms with Gasteiger partial charge in [0.15, 0.2) is 0 Å². The zero-order valence-electron chi connectivity index (χ0n) is 15.7. The molecule has 0 fully saturated rings. The molecule has 0 aliphatic rings. The van der Waals surface area contributed by atoms with E-state index in [0.29, 0.717) is 12.5 Å². The fourth-order valence-electron chi connectivity index (χ4n) is 3.08. The van der Waals surface area contributed by atoms with Crippen molar-refractivity contribution in [3.63, 3.8) is 0 Å². The van der Waals surface area contributed by atoms with Crippen LogP contribution in [0.1, 0.15) is 38.7 Å². The molecule has 1 aromatic heterocycles. The van der Waals surface area contributed by atoms with Crippen LogP contribution in [0.15, 0.2) is 66.9 Å². The topological polar surface area (TPSA) is 22.1 Å². The number of nitrogens with zero attached hydrogens (tertiary/aromatic N) is 1. The van der Waals surface area contributed by atoms with E-state index in [4.69, 9.17) is 4.74 Å². The van der Waals surface area contributed by atoms with E-state index in [0.717, 1.165) is 5.56 Å². The van der Waals surface area contributed by atoms with E-state index in [2.05, 4.69) is 66.5 Å². The molecule has 26 heavy (non-hydrogen) atoms. The van der Waals surface area contributed by atoms with Crippen molar-refractivity contribution < 1.29 is 4.74 Å². The Morgan fingerprint density at radius 1 is 0.692 bits per heavy atom. The summed E-state index contributed by atoms with van der Waals surface area (Å²) in [5.41, 5.74) is 6.21. The number of ether oxygens (including phenoxy) is 1. The molecule has 2 nitrogen and oxygen atoms in total. The van der Waals surface area contributed by atoms with E-state index in [-0.39, 0.29) is 0 Å². The van der Waals surface area contributed by atoms with Crippen LogP contribution in [0.5, 0.6) is 5.88 Å². The van der Waals surface area contributed by atoms with Crippen LogP contribution in [-0.4, -0.2) is 11.6 Å². The molecule has 3 aromatic rings. The zero-order chi connectivity index (χ0) is 18.2. The van der Waals surface area contributed by atoms with Gasteiger partial charge in [0.1, 0.15) is 0 Å². The van der Waals surface area contributed by atoms with E-state index in [1.165, 1.54) is 47.9 Å². The molecule has 0 spiro atoms. The SMILES string of the molecule is CCCCCc1ccc(-c2ccc(-c3ccc(OCC)nc3)cc2)cc1. The van der Waals surface area contributed by atoms with Crippen molar-refractivity contribution in [2.24, 2.45) is 0 Å². The van der Waals surface area contributed by atoms with E-state index in [9.17, 15) is 0 Å². The standard InChI is InChI=1S/C24H27NO/c1-3-5-6-7-19-8-10-20(11-9-19)21-12-14-22(15-13-21)23-16-17-24(25-18-23)26-4-2/h8-18H,3-7H2,1-2H3. The molecular weight excluding hydrogens is 318 g/mol. The van der Waals surface area contributed by atoms with E-state index in [1.807, 2.05) is 19.2 Å². The van der Waals surface area contributed by atoms with Crippen molar-refractivity contribution in [1.82, 2.24) is 4.98 Å². The quantitative estimate of drug-likeness (QED) is 0.432. The van der Waals surface area contributed by atoms with Crippen molar-refractivity contribution in [3.05, 3.63) is 72.4 Å². The van der Waals surface area contributed by atoms with Gasteiger partial charge in [-0.1, -0.05) is 68.3 Å². The smallest absolute Gasteiger partial charge is 0.213 e. The third-order valence-corrected chi connectivity index (χ3v) is 4.60. The molecule has 0 amide bonds. The highest BCUT2D eigenvalue weighted by Crippen LogP contribution is 2.26. The summed E-state index contributed by atoms with van der Waals surface area (Å²) in [5, 5.41) is 0. The molecule has 0 aliphatic heterocycles. The summed E-state index contributed by atoms with van der Waals surface area (Å²) in [7, 11) is 0. The first kappa shape index (κ1) is 18.2. The Morgan fingerprint density at radius 2 is 1.27 bits per heavy atom. The van der Waals surface area contributed by atoms with E-state index in [1.54, 1.807) is 0 Å². The van der Waals surface area contributed by atoms with Gasteiger partial charge < -0.3 is 4.74 Å². The number of benzene rings is 2. The minimum absolute atomic E-state index is 0.637. The normalized spacial score (nSPS) is 10.7. The van der Waals surface area contributed by atoms with Gasteiger partial charge in [-0.2, -0.15) is 0 Å². The van der Waals surface area contributed by atoms with Crippen molar-refractivity contribution in [1.29, 1.82) is 0 Å². The molecule has 134 valence electrons. The van der Waals surface area contributed by atoms with Crippen LogP contribution >= 0.6 is 0 Å². The Balaban J connectivity index is 1.68. The Bertz CT molecular complexity index is 789. The number of aromatic nitrogens is 1. The fraction of sp³-hybridized carbons (Fsp3) is 0.292. The van der Waals surface area contributed by atoms with Gasteiger partial charge in [-0.3, -0.25) is 0 Å². The number of hydrogen-bond acceptors (Lipinski definition) is 2. The first-order valence-corrected chi connectivity index (χ1v) is 9.58. The lowest BCUT2D eigenvalue weighted by Gasteiger charge is -2.07. The first-order valence-electron chi connectivity index (χ1n) is 9.58. The minimum atomic E-state index is 0.637. The van der Waals surface area contributed by atoms with E-state index < -0.39 is 0 Å². The summed E-state index contributed by atoms with van der Waals surface area (Å²) in [6, 6.07) is 21.6. The summed E-state index contributed by atoms with van der Waals surface area (Å²) in [6.45, 7) is 4.85. The monoisotopic (exact) mass is 345 g/mol. The molecule has 0 atom stereocenters. The van der Waals surface area contributed by atoms with Gasteiger partial charge in [0.2, 0.25) is 5.88 Å². The fourth-order valence-corrected chi connectivity index (χ4v) is 3.08. The number of aryl methyl sites for hydroxylation is 1. The van der Waals surface area contributed by atoms with Gasteiger partial charge in [0, 0.05) is 17.8 Å². The molecule has 2 aromatic carbocycles. The molecule has 0 bridgehead atoms. The molecule has 0 saturated heterocycles. The maximum atomic E-state index is 5.40. The molecule has 1 heterocycles. The lowest BCUT2D eigenvalue weighted by Crippen LogP contribution is -1.93. The molecule has 0 unspecified atom stereocenters.